The van der Waals surface area contributed by atoms with E-state index in [2.05, 4.69) is 52.3 Å². The van der Waals surface area contributed by atoms with E-state index in [0.717, 1.165) is 0 Å². The number of allylic oxidation sites excluding steroid dienone is 1. The minimum atomic E-state index is -2.13. The summed E-state index contributed by atoms with van der Waals surface area (Å²) in [7, 11) is -2.13. The van der Waals surface area contributed by atoms with E-state index >= 15 is 0 Å². The zero-order valence-electron chi connectivity index (χ0n) is 13.2. The molecule has 0 N–H and O–H groups in total. The molecular formula is C21H18BrOP. The lowest BCUT2D eigenvalue weighted by molar-refractivity contribution is -0.299. The Morgan fingerprint density at radius 1 is 0.708 bits per heavy atom. The maximum absolute atomic E-state index is 12.5. The van der Waals surface area contributed by atoms with Gasteiger partial charge in [0.25, 0.3) is 0 Å². The first-order valence-corrected chi connectivity index (χ1v) is 10.8. The van der Waals surface area contributed by atoms with Crippen molar-refractivity contribution in [2.45, 2.75) is 0 Å². The van der Waals surface area contributed by atoms with E-state index < -0.39 is 7.26 Å². The maximum atomic E-state index is 12.5. The molecule has 1 nitrogen and oxygen atoms in total. The van der Waals surface area contributed by atoms with Crippen LogP contribution in [0.4, 0.5) is 0 Å². The average molecular weight is 397 g/mol. The van der Waals surface area contributed by atoms with Crippen molar-refractivity contribution in [3.05, 3.63) is 103 Å². The van der Waals surface area contributed by atoms with Crippen LogP contribution in [0.15, 0.2) is 103 Å². The number of halogens is 1. The first-order chi connectivity index (χ1) is 11.8. The van der Waals surface area contributed by atoms with E-state index in [0.29, 0.717) is 5.33 Å². The van der Waals surface area contributed by atoms with Crippen LogP contribution in [0.5, 0.6) is 0 Å². The summed E-state index contributed by atoms with van der Waals surface area (Å²) in [6, 6.07) is 31.1. The Morgan fingerprint density at radius 2 is 1.04 bits per heavy atom. The molecule has 0 heterocycles. The average Bonchev–Trinajstić information content (AvgIpc) is 2.68. The summed E-state index contributed by atoms with van der Waals surface area (Å²) < 4.78 is 0. The molecule has 0 unspecified atom stereocenters. The van der Waals surface area contributed by atoms with Crippen molar-refractivity contribution in [1.82, 2.24) is 0 Å². The summed E-state index contributed by atoms with van der Waals surface area (Å²) in [5.41, 5.74) is 0. The van der Waals surface area contributed by atoms with Crippen LogP contribution in [0, 0.1) is 0 Å². The second-order valence-electron chi connectivity index (χ2n) is 5.46. The van der Waals surface area contributed by atoms with Gasteiger partial charge in [-0.1, -0.05) is 76.3 Å². The highest BCUT2D eigenvalue weighted by molar-refractivity contribution is 9.09. The van der Waals surface area contributed by atoms with Crippen molar-refractivity contribution in [3.63, 3.8) is 0 Å². The molecule has 0 aliphatic heterocycles. The first-order valence-electron chi connectivity index (χ1n) is 7.77. The largest absolute Gasteiger partial charge is 0.873 e. The quantitative estimate of drug-likeness (QED) is 0.367. The monoisotopic (exact) mass is 396 g/mol. The van der Waals surface area contributed by atoms with Crippen LogP contribution in [-0.4, -0.2) is 5.33 Å². The predicted octanol–water partition coefficient (Wildman–Crippen LogP) is 3.58. The molecule has 0 amide bonds. The van der Waals surface area contributed by atoms with Gasteiger partial charge in [-0.3, -0.25) is 0 Å². The van der Waals surface area contributed by atoms with Crippen molar-refractivity contribution >= 4 is 39.1 Å². The van der Waals surface area contributed by atoms with Crippen LogP contribution in [0.1, 0.15) is 0 Å². The maximum Gasteiger partial charge on any atom is 0.136 e. The first kappa shape index (κ1) is 17.0. The molecule has 0 aromatic heterocycles. The summed E-state index contributed by atoms with van der Waals surface area (Å²) in [6.45, 7) is 0. The third kappa shape index (κ3) is 3.31. The normalized spacial score (nSPS) is 12.1. The lowest BCUT2D eigenvalue weighted by atomic mass is 10.4. The molecule has 0 saturated carbocycles. The predicted molar refractivity (Wildman–Crippen MR) is 107 cm³/mol. The Morgan fingerprint density at radius 3 is 1.33 bits per heavy atom. The van der Waals surface area contributed by atoms with Crippen LogP contribution < -0.4 is 21.0 Å². The highest BCUT2D eigenvalue weighted by Crippen LogP contribution is 2.57. The lowest BCUT2D eigenvalue weighted by Crippen LogP contribution is -2.30. The number of hydrogen-bond donors (Lipinski definition) is 0. The van der Waals surface area contributed by atoms with Crippen molar-refractivity contribution in [1.29, 1.82) is 0 Å². The van der Waals surface area contributed by atoms with Crippen LogP contribution in [-0.2, 0) is 0 Å². The van der Waals surface area contributed by atoms with Gasteiger partial charge >= 0.3 is 0 Å². The molecule has 3 aromatic rings. The van der Waals surface area contributed by atoms with Gasteiger partial charge in [-0.2, -0.15) is 0 Å². The summed E-state index contributed by atoms with van der Waals surface area (Å²) in [5, 5.41) is 16.4. The molecule has 3 rings (SSSR count). The Kier molecular flexibility index (Phi) is 5.50. The summed E-state index contributed by atoms with van der Waals surface area (Å²) in [5.74, 6) is 2.06. The van der Waals surface area contributed by atoms with E-state index in [1.165, 1.54) is 15.9 Å². The second-order valence-corrected chi connectivity index (χ2v) is 9.27. The molecule has 3 heteroatoms. The smallest absolute Gasteiger partial charge is 0.136 e. The minimum absolute atomic E-state index is 0.111. The molecule has 0 atom stereocenters. The SMILES string of the molecule is [O-]/C(=C\[P+](c1ccccc1)(c1ccccc1)c1ccccc1)CBr. The molecular weight excluding hydrogens is 379 g/mol. The van der Waals surface area contributed by atoms with Crippen molar-refractivity contribution in [2.75, 3.05) is 5.33 Å². The van der Waals surface area contributed by atoms with Crippen molar-refractivity contribution in [3.8, 4) is 0 Å². The second kappa shape index (κ2) is 7.79. The van der Waals surface area contributed by atoms with Crippen LogP contribution in [0.25, 0.3) is 0 Å². The number of hydrogen-bond acceptors (Lipinski definition) is 1. The molecule has 120 valence electrons. The number of rotatable bonds is 5. The summed E-state index contributed by atoms with van der Waals surface area (Å²) in [4.78, 5) is 0. The minimum Gasteiger partial charge on any atom is -0.873 e. The van der Waals surface area contributed by atoms with Gasteiger partial charge in [-0.15, -0.1) is 0 Å². The van der Waals surface area contributed by atoms with E-state index in [1.54, 1.807) is 0 Å². The Balaban J connectivity index is 2.37. The number of alkyl halides is 1. The fourth-order valence-corrected chi connectivity index (χ4v) is 7.11. The van der Waals surface area contributed by atoms with Gasteiger partial charge in [0.15, 0.2) is 0 Å². The van der Waals surface area contributed by atoms with Crippen molar-refractivity contribution < 1.29 is 5.11 Å². The Hall–Kier alpha value is -1.89. The molecule has 0 aliphatic rings. The van der Waals surface area contributed by atoms with E-state index in [9.17, 15) is 5.11 Å². The molecule has 3 aromatic carbocycles. The Bertz CT molecular complexity index is 704. The molecule has 0 fully saturated rings. The fraction of sp³-hybridized carbons (Fsp3) is 0.0476. The van der Waals surface area contributed by atoms with Crippen LogP contribution in [0.2, 0.25) is 0 Å². The molecule has 0 radical (unpaired) electrons. The van der Waals surface area contributed by atoms with Gasteiger partial charge in [-0.25, -0.2) is 0 Å². The van der Waals surface area contributed by atoms with Gasteiger partial charge in [0.2, 0.25) is 0 Å². The van der Waals surface area contributed by atoms with Gasteiger partial charge < -0.3 is 5.11 Å². The van der Waals surface area contributed by atoms with E-state index in [4.69, 9.17) is 0 Å². The highest BCUT2D eigenvalue weighted by Gasteiger charge is 2.43. The number of benzene rings is 3. The topological polar surface area (TPSA) is 23.1 Å². The van der Waals surface area contributed by atoms with Gasteiger partial charge in [0.1, 0.15) is 23.2 Å². The summed E-state index contributed by atoms with van der Waals surface area (Å²) in [6.07, 6.45) is 0. The third-order valence-corrected chi connectivity index (χ3v) is 8.53. The van der Waals surface area contributed by atoms with Crippen LogP contribution in [0.3, 0.4) is 0 Å². The summed E-state index contributed by atoms with van der Waals surface area (Å²) >= 11 is 3.32. The lowest BCUT2D eigenvalue weighted by Gasteiger charge is -2.26. The van der Waals surface area contributed by atoms with Gasteiger partial charge in [0.05, 0.1) is 5.82 Å². The molecule has 0 aliphatic carbocycles. The highest BCUT2D eigenvalue weighted by atomic mass is 79.9. The van der Waals surface area contributed by atoms with Crippen LogP contribution >= 0.6 is 23.2 Å². The zero-order valence-corrected chi connectivity index (χ0v) is 15.7. The molecule has 0 spiro atoms. The molecule has 0 bridgehead atoms. The fourth-order valence-electron chi connectivity index (χ4n) is 2.91. The standard InChI is InChI=1S/C21H18BrOP/c22-16-18(23)17-24(19-10-4-1-5-11-19,20-12-6-2-7-13-20)21-14-8-3-9-15-21/h1-15,17H,16H2/b18-17-. The van der Waals surface area contributed by atoms with E-state index in [-0.39, 0.29) is 5.76 Å². The van der Waals surface area contributed by atoms with Crippen molar-refractivity contribution in [2.24, 2.45) is 0 Å². The molecule has 0 saturated heterocycles. The molecule has 24 heavy (non-hydrogen) atoms. The van der Waals surface area contributed by atoms with Gasteiger partial charge in [0, 0.05) is 5.33 Å². The van der Waals surface area contributed by atoms with E-state index in [1.807, 2.05) is 60.4 Å². The third-order valence-electron chi connectivity index (χ3n) is 3.96. The van der Waals surface area contributed by atoms with Gasteiger partial charge in [-0.05, 0) is 36.4 Å². The Labute approximate surface area is 152 Å². The zero-order chi connectivity index (χ0) is 16.8.